The molecule has 0 aliphatic carbocycles. The van der Waals surface area contributed by atoms with E-state index in [0.29, 0.717) is 10.8 Å². The fourth-order valence-corrected chi connectivity index (χ4v) is 5.47. The third kappa shape index (κ3) is 4.21. The van der Waals surface area contributed by atoms with E-state index in [4.69, 9.17) is 11.6 Å². The van der Waals surface area contributed by atoms with Crippen molar-refractivity contribution in [1.29, 1.82) is 0 Å². The second kappa shape index (κ2) is 8.57. The van der Waals surface area contributed by atoms with Crippen LogP contribution in [0.15, 0.2) is 69.5 Å². The van der Waals surface area contributed by atoms with Crippen LogP contribution in [-0.4, -0.2) is 37.6 Å². The Labute approximate surface area is 194 Å². The van der Waals surface area contributed by atoms with Crippen LogP contribution in [-0.2, 0) is 14.6 Å². The van der Waals surface area contributed by atoms with E-state index < -0.39 is 39.0 Å². The van der Waals surface area contributed by atoms with Crippen molar-refractivity contribution in [2.24, 2.45) is 4.99 Å². The Bertz CT molecular complexity index is 1490. The highest BCUT2D eigenvalue weighted by atomic mass is 35.5. The Kier molecular flexibility index (Phi) is 5.94. The molecular weight excluding hydrogens is 469 g/mol. The molecule has 0 amide bonds. The van der Waals surface area contributed by atoms with Crippen molar-refractivity contribution in [3.63, 3.8) is 0 Å². The van der Waals surface area contributed by atoms with Gasteiger partial charge < -0.3 is 10.0 Å². The Morgan fingerprint density at radius 2 is 1.97 bits per heavy atom. The van der Waals surface area contributed by atoms with Crippen molar-refractivity contribution in [3.8, 4) is 0 Å². The summed E-state index contributed by atoms with van der Waals surface area (Å²) in [7, 11) is -2.60. The van der Waals surface area contributed by atoms with Crippen molar-refractivity contribution < 1.29 is 22.7 Å². The zero-order valence-electron chi connectivity index (χ0n) is 17.7. The monoisotopic (exact) mass is 487 g/mol. The van der Waals surface area contributed by atoms with Gasteiger partial charge in [-0.25, -0.2) is 17.8 Å². The van der Waals surface area contributed by atoms with Crippen LogP contribution in [0.5, 0.6) is 0 Å². The molecule has 1 atom stereocenters. The first-order valence-electron chi connectivity index (χ1n) is 9.91. The Hall–Kier alpha value is -3.30. The second-order valence-electron chi connectivity index (χ2n) is 7.57. The standard InChI is InChI=1S/C23H19ClFN3O4S/c1-13-17(11-21(29)30)22-19(27-13)8-7-18(25)23(22)33(31,32)16-6-9-20(26-12-16)28(2)15-5-3-4-14(24)10-15/h3-10,12-13H,11H2,1-2H3,(H,29,30). The van der Waals surface area contributed by atoms with E-state index in [1.165, 1.54) is 18.2 Å². The lowest BCUT2D eigenvalue weighted by molar-refractivity contribution is -0.135. The number of anilines is 2. The molecule has 1 unspecified atom stereocenters. The summed E-state index contributed by atoms with van der Waals surface area (Å²) in [6.45, 7) is 1.65. The minimum atomic E-state index is -4.35. The van der Waals surface area contributed by atoms with Crippen molar-refractivity contribution in [1.82, 2.24) is 4.98 Å². The van der Waals surface area contributed by atoms with E-state index >= 15 is 0 Å². The molecule has 0 saturated carbocycles. The molecule has 4 rings (SSSR count). The fourth-order valence-electron chi connectivity index (χ4n) is 3.79. The largest absolute Gasteiger partial charge is 0.481 e. The molecule has 1 aliphatic heterocycles. The number of fused-ring (bicyclic) bond motifs is 1. The summed E-state index contributed by atoms with van der Waals surface area (Å²) < 4.78 is 41.8. The molecule has 1 N–H and O–H groups in total. The number of aliphatic carboxylic acids is 1. The summed E-state index contributed by atoms with van der Waals surface area (Å²) in [6.07, 6.45) is 0.711. The van der Waals surface area contributed by atoms with Gasteiger partial charge in [-0.1, -0.05) is 17.7 Å². The van der Waals surface area contributed by atoms with E-state index in [0.717, 1.165) is 18.0 Å². The lowest BCUT2D eigenvalue weighted by Gasteiger charge is -2.18. The Morgan fingerprint density at radius 3 is 2.61 bits per heavy atom. The van der Waals surface area contributed by atoms with Gasteiger partial charge in [0.05, 0.1) is 22.7 Å². The highest BCUT2D eigenvalue weighted by Gasteiger charge is 2.29. The number of hydrogen-bond acceptors (Lipinski definition) is 6. The van der Waals surface area contributed by atoms with E-state index in [2.05, 4.69) is 9.98 Å². The van der Waals surface area contributed by atoms with Gasteiger partial charge in [0.25, 0.3) is 0 Å². The van der Waals surface area contributed by atoms with Crippen molar-refractivity contribution in [3.05, 3.63) is 76.1 Å². The van der Waals surface area contributed by atoms with Gasteiger partial charge in [0, 0.05) is 29.2 Å². The first-order chi connectivity index (χ1) is 15.6. The summed E-state index contributed by atoms with van der Waals surface area (Å²) in [4.78, 5) is 20.8. The predicted molar refractivity (Wildman–Crippen MR) is 122 cm³/mol. The van der Waals surface area contributed by atoms with Crippen molar-refractivity contribution in [2.45, 2.75) is 29.2 Å². The van der Waals surface area contributed by atoms with Crippen LogP contribution < -0.4 is 15.5 Å². The van der Waals surface area contributed by atoms with Crippen LogP contribution >= 0.6 is 11.6 Å². The van der Waals surface area contributed by atoms with Gasteiger partial charge in [-0.3, -0.25) is 9.79 Å². The minimum Gasteiger partial charge on any atom is -0.481 e. The number of nitrogens with zero attached hydrogens (tertiary/aromatic N) is 3. The first kappa shape index (κ1) is 22.9. The highest BCUT2D eigenvalue weighted by Crippen LogP contribution is 2.27. The summed E-state index contributed by atoms with van der Waals surface area (Å²) in [5, 5.41) is 10.1. The topological polar surface area (TPSA) is 99.9 Å². The lowest BCUT2D eigenvalue weighted by atomic mass is 10.0. The number of sulfone groups is 1. The molecular formula is C23H19ClFN3O4S. The SMILES string of the molecule is CC1N=c2ccc(F)c(S(=O)(=O)c3ccc(N(C)c4cccc(Cl)c4)nc3)c2=C1CC(=O)O. The predicted octanol–water partition coefficient (Wildman–Crippen LogP) is 3.12. The average molecular weight is 488 g/mol. The maximum absolute atomic E-state index is 14.9. The smallest absolute Gasteiger partial charge is 0.307 e. The zero-order chi connectivity index (χ0) is 23.9. The Morgan fingerprint density at radius 1 is 1.21 bits per heavy atom. The number of carbonyl (C=O) groups is 1. The average Bonchev–Trinajstić information content (AvgIpc) is 3.07. The molecule has 2 aromatic carbocycles. The van der Waals surface area contributed by atoms with Gasteiger partial charge >= 0.3 is 5.97 Å². The molecule has 0 saturated heterocycles. The minimum absolute atomic E-state index is 0.0185. The van der Waals surface area contributed by atoms with E-state index in [-0.39, 0.29) is 21.0 Å². The normalized spacial score (nSPS) is 15.2. The number of carboxylic acids is 1. The van der Waals surface area contributed by atoms with E-state index in [1.54, 1.807) is 37.1 Å². The van der Waals surface area contributed by atoms with Crippen LogP contribution in [0.4, 0.5) is 15.9 Å². The molecule has 0 fully saturated rings. The third-order valence-electron chi connectivity index (χ3n) is 5.43. The van der Waals surface area contributed by atoms with Crippen molar-refractivity contribution in [2.75, 3.05) is 11.9 Å². The number of benzene rings is 2. The number of carboxylic acid groups (broad SMARTS) is 1. The number of pyridine rings is 1. The van der Waals surface area contributed by atoms with Crippen molar-refractivity contribution >= 4 is 44.5 Å². The molecule has 0 radical (unpaired) electrons. The molecule has 0 spiro atoms. The van der Waals surface area contributed by atoms with Gasteiger partial charge in [0.15, 0.2) is 0 Å². The van der Waals surface area contributed by atoms with Gasteiger partial charge in [0.1, 0.15) is 16.5 Å². The maximum atomic E-state index is 14.9. The van der Waals surface area contributed by atoms with E-state index in [9.17, 15) is 22.7 Å². The fraction of sp³-hybridized carbons (Fsp3) is 0.174. The maximum Gasteiger partial charge on any atom is 0.307 e. The number of halogens is 2. The summed E-state index contributed by atoms with van der Waals surface area (Å²) in [5.74, 6) is -1.67. The molecule has 33 heavy (non-hydrogen) atoms. The van der Waals surface area contributed by atoms with Crippen LogP contribution in [0.25, 0.3) is 5.57 Å². The van der Waals surface area contributed by atoms with Gasteiger partial charge in [0.2, 0.25) is 9.84 Å². The van der Waals surface area contributed by atoms with Crippen LogP contribution in [0.1, 0.15) is 13.3 Å². The lowest BCUT2D eigenvalue weighted by Crippen LogP contribution is -2.32. The number of rotatable bonds is 6. The van der Waals surface area contributed by atoms with Crippen LogP contribution in [0.3, 0.4) is 0 Å². The quantitative estimate of drug-likeness (QED) is 0.573. The van der Waals surface area contributed by atoms with Gasteiger partial charge in [-0.05, 0) is 55.0 Å². The highest BCUT2D eigenvalue weighted by molar-refractivity contribution is 7.91. The summed E-state index contributed by atoms with van der Waals surface area (Å²) in [6, 6.07) is 11.7. The van der Waals surface area contributed by atoms with E-state index in [1.807, 2.05) is 6.07 Å². The third-order valence-corrected chi connectivity index (χ3v) is 7.46. The van der Waals surface area contributed by atoms with Crippen LogP contribution in [0.2, 0.25) is 5.02 Å². The molecule has 7 nitrogen and oxygen atoms in total. The number of hydrogen-bond donors (Lipinski definition) is 1. The molecule has 170 valence electrons. The molecule has 1 aliphatic rings. The van der Waals surface area contributed by atoms with Crippen LogP contribution in [0, 0.1) is 5.82 Å². The molecule has 0 bridgehead atoms. The Balaban J connectivity index is 1.81. The molecule has 3 aromatic rings. The molecule has 2 heterocycles. The second-order valence-corrected chi connectivity index (χ2v) is 9.89. The van der Waals surface area contributed by atoms with Gasteiger partial charge in [-0.15, -0.1) is 0 Å². The summed E-state index contributed by atoms with van der Waals surface area (Å²) >= 11 is 6.04. The number of aromatic nitrogens is 1. The van der Waals surface area contributed by atoms with Gasteiger partial charge in [-0.2, -0.15) is 0 Å². The summed E-state index contributed by atoms with van der Waals surface area (Å²) in [5.41, 5.74) is 1.00. The molecule has 1 aromatic heterocycles. The molecule has 10 heteroatoms. The first-order valence-corrected chi connectivity index (χ1v) is 11.8. The zero-order valence-corrected chi connectivity index (χ0v) is 19.2.